The molecule has 4 nitrogen and oxygen atoms in total. The summed E-state index contributed by atoms with van der Waals surface area (Å²) in [5, 5.41) is 2.91. The molecule has 0 aliphatic heterocycles. The van der Waals surface area contributed by atoms with Gasteiger partial charge in [0, 0.05) is 36.7 Å². The van der Waals surface area contributed by atoms with E-state index < -0.39 is 0 Å². The number of carbonyl (C=O) groups excluding carboxylic acids is 1. The first kappa shape index (κ1) is 16.4. The summed E-state index contributed by atoms with van der Waals surface area (Å²) in [4.78, 5) is 15.6. The van der Waals surface area contributed by atoms with E-state index in [0.29, 0.717) is 19.6 Å². The van der Waals surface area contributed by atoms with Crippen LogP contribution in [0.3, 0.4) is 0 Å². The maximum atomic E-state index is 11.5. The standard InChI is InChI=1S/C17H20N2O2S/c1-22-10-8-17(20)19-12-14-4-6-16(7-5-14)21-13-15-3-2-9-18-11-15/h2-7,9,11H,8,10,12-13H2,1H3,(H,19,20). The third kappa shape index (κ3) is 5.77. The van der Waals surface area contributed by atoms with Crippen molar-refractivity contribution in [2.75, 3.05) is 12.0 Å². The van der Waals surface area contributed by atoms with Crippen LogP contribution in [0.25, 0.3) is 0 Å². The van der Waals surface area contributed by atoms with Gasteiger partial charge in [-0.25, -0.2) is 0 Å². The molecule has 1 heterocycles. The topological polar surface area (TPSA) is 51.2 Å². The molecule has 2 aromatic rings. The van der Waals surface area contributed by atoms with Crippen molar-refractivity contribution in [1.29, 1.82) is 0 Å². The number of rotatable bonds is 8. The Labute approximate surface area is 135 Å². The van der Waals surface area contributed by atoms with Crippen molar-refractivity contribution in [1.82, 2.24) is 10.3 Å². The lowest BCUT2D eigenvalue weighted by Gasteiger charge is -2.08. The molecule has 22 heavy (non-hydrogen) atoms. The second kappa shape index (κ2) is 9.10. The van der Waals surface area contributed by atoms with Crippen LogP contribution >= 0.6 is 11.8 Å². The van der Waals surface area contributed by atoms with Crippen LogP contribution in [-0.4, -0.2) is 22.9 Å². The lowest BCUT2D eigenvalue weighted by molar-refractivity contribution is -0.120. The summed E-state index contributed by atoms with van der Waals surface area (Å²) in [5.41, 5.74) is 2.10. The molecule has 0 aliphatic carbocycles. The van der Waals surface area contributed by atoms with Crippen LogP contribution < -0.4 is 10.1 Å². The molecule has 1 amide bonds. The minimum absolute atomic E-state index is 0.0891. The summed E-state index contributed by atoms with van der Waals surface area (Å²) in [6.45, 7) is 1.05. The predicted molar refractivity (Wildman–Crippen MR) is 89.9 cm³/mol. The molecule has 1 N–H and O–H groups in total. The van der Waals surface area contributed by atoms with Crippen LogP contribution in [0.15, 0.2) is 48.8 Å². The highest BCUT2D eigenvalue weighted by Gasteiger charge is 2.01. The molecule has 0 bridgehead atoms. The van der Waals surface area contributed by atoms with Crippen molar-refractivity contribution in [3.8, 4) is 5.75 Å². The zero-order valence-corrected chi connectivity index (χ0v) is 13.4. The van der Waals surface area contributed by atoms with Gasteiger partial charge < -0.3 is 10.1 Å². The van der Waals surface area contributed by atoms with Gasteiger partial charge in [0.25, 0.3) is 0 Å². The summed E-state index contributed by atoms with van der Waals surface area (Å²) in [7, 11) is 0. The highest BCUT2D eigenvalue weighted by Crippen LogP contribution is 2.14. The number of thioether (sulfide) groups is 1. The van der Waals surface area contributed by atoms with Crippen LogP contribution in [0.2, 0.25) is 0 Å². The van der Waals surface area contributed by atoms with Crippen molar-refractivity contribution in [2.45, 2.75) is 19.6 Å². The van der Waals surface area contributed by atoms with Crippen LogP contribution in [-0.2, 0) is 17.9 Å². The Morgan fingerprint density at radius 2 is 2.05 bits per heavy atom. The largest absolute Gasteiger partial charge is 0.489 e. The molecule has 5 heteroatoms. The maximum Gasteiger partial charge on any atom is 0.221 e. The molecule has 2 rings (SSSR count). The number of ether oxygens (including phenoxy) is 1. The molecule has 0 aliphatic rings. The number of aromatic nitrogens is 1. The first-order valence-electron chi connectivity index (χ1n) is 7.14. The van der Waals surface area contributed by atoms with Gasteiger partial charge in [-0.15, -0.1) is 0 Å². The van der Waals surface area contributed by atoms with Crippen molar-refractivity contribution >= 4 is 17.7 Å². The Bertz CT molecular complexity index is 573. The van der Waals surface area contributed by atoms with Crippen molar-refractivity contribution in [3.05, 3.63) is 59.9 Å². The molecule has 1 aromatic heterocycles. The molecular weight excluding hydrogens is 296 g/mol. The van der Waals surface area contributed by atoms with Crippen LogP contribution in [0, 0.1) is 0 Å². The van der Waals surface area contributed by atoms with E-state index in [4.69, 9.17) is 4.74 Å². The third-order valence-corrected chi connectivity index (χ3v) is 3.69. The van der Waals surface area contributed by atoms with E-state index in [0.717, 1.165) is 22.6 Å². The SMILES string of the molecule is CSCCC(=O)NCc1ccc(OCc2cccnc2)cc1. The Morgan fingerprint density at radius 1 is 1.23 bits per heavy atom. The molecule has 0 atom stereocenters. The molecule has 0 saturated carbocycles. The van der Waals surface area contributed by atoms with E-state index in [1.54, 1.807) is 24.2 Å². The summed E-state index contributed by atoms with van der Waals surface area (Å²) < 4.78 is 5.70. The second-order valence-electron chi connectivity index (χ2n) is 4.81. The molecule has 116 valence electrons. The van der Waals surface area contributed by atoms with Gasteiger partial charge in [-0.1, -0.05) is 18.2 Å². The Morgan fingerprint density at radius 3 is 2.73 bits per heavy atom. The average molecular weight is 316 g/mol. The van der Waals surface area contributed by atoms with E-state index in [9.17, 15) is 4.79 Å². The Kier molecular flexibility index (Phi) is 6.77. The number of carbonyl (C=O) groups is 1. The first-order chi connectivity index (χ1) is 10.8. The quantitative estimate of drug-likeness (QED) is 0.813. The first-order valence-corrected chi connectivity index (χ1v) is 8.53. The fourth-order valence-electron chi connectivity index (χ4n) is 1.84. The number of pyridine rings is 1. The fourth-order valence-corrected chi connectivity index (χ4v) is 2.23. The normalized spacial score (nSPS) is 10.2. The predicted octanol–water partition coefficient (Wildman–Crippen LogP) is 3.03. The smallest absolute Gasteiger partial charge is 0.221 e. The molecule has 0 fully saturated rings. The van der Waals surface area contributed by atoms with Gasteiger partial charge in [-0.05, 0) is 30.0 Å². The highest BCUT2D eigenvalue weighted by molar-refractivity contribution is 7.98. The van der Waals surface area contributed by atoms with E-state index in [2.05, 4.69) is 10.3 Å². The maximum absolute atomic E-state index is 11.5. The lowest BCUT2D eigenvalue weighted by atomic mass is 10.2. The number of benzene rings is 1. The number of amides is 1. The van der Waals surface area contributed by atoms with Gasteiger partial charge in [0.1, 0.15) is 12.4 Å². The zero-order chi connectivity index (χ0) is 15.6. The minimum atomic E-state index is 0.0891. The number of hydrogen-bond acceptors (Lipinski definition) is 4. The van der Waals surface area contributed by atoms with E-state index >= 15 is 0 Å². The molecule has 1 aromatic carbocycles. The fraction of sp³-hybridized carbons (Fsp3) is 0.294. The number of hydrogen-bond donors (Lipinski definition) is 1. The van der Waals surface area contributed by atoms with Crippen LogP contribution in [0.4, 0.5) is 0 Å². The van der Waals surface area contributed by atoms with Gasteiger partial charge in [0.15, 0.2) is 0 Å². The van der Waals surface area contributed by atoms with Gasteiger partial charge in [-0.2, -0.15) is 11.8 Å². The van der Waals surface area contributed by atoms with Gasteiger partial charge in [0.2, 0.25) is 5.91 Å². The Hall–Kier alpha value is -2.01. The van der Waals surface area contributed by atoms with Gasteiger partial charge >= 0.3 is 0 Å². The minimum Gasteiger partial charge on any atom is -0.489 e. The van der Waals surface area contributed by atoms with Crippen LogP contribution in [0.5, 0.6) is 5.75 Å². The lowest BCUT2D eigenvalue weighted by Crippen LogP contribution is -2.22. The summed E-state index contributed by atoms with van der Waals surface area (Å²) in [5.74, 6) is 1.75. The van der Waals surface area contributed by atoms with Crippen molar-refractivity contribution in [3.63, 3.8) is 0 Å². The molecule has 0 radical (unpaired) electrons. The van der Waals surface area contributed by atoms with Gasteiger partial charge in [-0.3, -0.25) is 9.78 Å². The Balaban J connectivity index is 1.76. The van der Waals surface area contributed by atoms with Crippen molar-refractivity contribution in [2.24, 2.45) is 0 Å². The highest BCUT2D eigenvalue weighted by atomic mass is 32.2. The van der Waals surface area contributed by atoms with E-state index in [-0.39, 0.29) is 5.91 Å². The number of nitrogens with one attached hydrogen (secondary N) is 1. The molecule has 0 saturated heterocycles. The summed E-state index contributed by atoms with van der Waals surface area (Å²) >= 11 is 1.68. The van der Waals surface area contributed by atoms with Crippen LogP contribution in [0.1, 0.15) is 17.5 Å². The third-order valence-electron chi connectivity index (χ3n) is 3.07. The summed E-state index contributed by atoms with van der Waals surface area (Å²) in [6.07, 6.45) is 6.09. The second-order valence-corrected chi connectivity index (χ2v) is 5.80. The molecular formula is C17H20N2O2S. The zero-order valence-electron chi connectivity index (χ0n) is 12.6. The molecule has 0 spiro atoms. The monoisotopic (exact) mass is 316 g/mol. The average Bonchev–Trinajstić information content (AvgIpc) is 2.58. The van der Waals surface area contributed by atoms with Crippen molar-refractivity contribution < 1.29 is 9.53 Å². The number of nitrogens with zero attached hydrogens (tertiary/aromatic N) is 1. The molecule has 0 unspecified atom stereocenters. The van der Waals surface area contributed by atoms with Gasteiger partial charge in [0.05, 0.1) is 0 Å². The summed E-state index contributed by atoms with van der Waals surface area (Å²) in [6, 6.07) is 11.6. The van der Waals surface area contributed by atoms with E-state index in [1.807, 2.05) is 42.7 Å². The van der Waals surface area contributed by atoms with E-state index in [1.165, 1.54) is 0 Å².